The van der Waals surface area contributed by atoms with Gasteiger partial charge in [0.15, 0.2) is 0 Å². The molecule has 3 N–H and O–H groups in total. The van der Waals surface area contributed by atoms with E-state index < -0.39 is 0 Å². The molecule has 0 spiro atoms. The Balaban J connectivity index is 1.48. The van der Waals surface area contributed by atoms with Crippen LogP contribution >= 0.6 is 0 Å². The lowest BCUT2D eigenvalue weighted by atomic mass is 9.83. The molecule has 7 heteroatoms. The van der Waals surface area contributed by atoms with Crippen molar-refractivity contribution in [2.45, 2.75) is 51.1 Å². The van der Waals surface area contributed by atoms with Crippen LogP contribution in [0.4, 0.5) is 0 Å². The second-order valence-electron chi connectivity index (χ2n) is 8.17. The Morgan fingerprint density at radius 2 is 1.77 bits per heavy atom. The third-order valence-electron chi connectivity index (χ3n) is 6.27. The van der Waals surface area contributed by atoms with E-state index in [1.807, 2.05) is 9.80 Å². The first kappa shape index (κ1) is 19.6. The van der Waals surface area contributed by atoms with Gasteiger partial charge in [0.05, 0.1) is 12.6 Å². The average Bonchev–Trinajstić information content (AvgIpc) is 2.68. The molecule has 0 aromatic heterocycles. The van der Waals surface area contributed by atoms with Gasteiger partial charge in [-0.15, -0.1) is 0 Å². The lowest BCUT2D eigenvalue weighted by molar-refractivity contribution is -0.140. The third kappa shape index (κ3) is 4.75. The van der Waals surface area contributed by atoms with E-state index in [-0.39, 0.29) is 23.9 Å². The maximum Gasteiger partial charge on any atom is 0.240 e. The second-order valence-corrected chi connectivity index (χ2v) is 8.17. The fraction of sp³-hybridized carbons (Fsp3) is 0.895. The van der Waals surface area contributed by atoms with E-state index >= 15 is 0 Å². The zero-order chi connectivity index (χ0) is 18.5. The molecule has 3 fully saturated rings. The van der Waals surface area contributed by atoms with Gasteiger partial charge in [-0.2, -0.15) is 0 Å². The lowest BCUT2D eigenvalue weighted by Gasteiger charge is -2.42. The molecule has 0 aromatic rings. The Morgan fingerprint density at radius 1 is 1.08 bits per heavy atom. The minimum atomic E-state index is -0.355. The molecule has 0 radical (unpaired) electrons. The largest absolute Gasteiger partial charge is 0.339 e. The van der Waals surface area contributed by atoms with Crippen molar-refractivity contribution in [1.29, 1.82) is 0 Å². The number of nitrogens with one attached hydrogen (secondary N) is 1. The Morgan fingerprint density at radius 3 is 2.42 bits per heavy atom. The quantitative estimate of drug-likeness (QED) is 0.725. The number of hydrogen-bond donors (Lipinski definition) is 2. The normalized spacial score (nSPS) is 27.4. The molecule has 1 saturated carbocycles. The van der Waals surface area contributed by atoms with E-state index in [1.165, 1.54) is 19.3 Å². The summed E-state index contributed by atoms with van der Waals surface area (Å²) in [5.41, 5.74) is 6.33. The van der Waals surface area contributed by atoms with Crippen LogP contribution in [0.15, 0.2) is 0 Å². The van der Waals surface area contributed by atoms with E-state index in [4.69, 9.17) is 5.73 Å². The molecule has 7 nitrogen and oxygen atoms in total. The van der Waals surface area contributed by atoms with Crippen LogP contribution < -0.4 is 11.1 Å². The summed E-state index contributed by atoms with van der Waals surface area (Å²) in [4.78, 5) is 31.4. The van der Waals surface area contributed by atoms with E-state index in [0.717, 1.165) is 52.1 Å². The van der Waals surface area contributed by atoms with Gasteiger partial charge >= 0.3 is 0 Å². The van der Waals surface area contributed by atoms with Crippen LogP contribution in [0.5, 0.6) is 0 Å². The Labute approximate surface area is 157 Å². The second kappa shape index (κ2) is 9.15. The zero-order valence-electron chi connectivity index (χ0n) is 16.2. The van der Waals surface area contributed by atoms with Crippen molar-refractivity contribution in [1.82, 2.24) is 20.0 Å². The van der Waals surface area contributed by atoms with E-state index in [0.29, 0.717) is 19.0 Å². The van der Waals surface area contributed by atoms with Gasteiger partial charge in [-0.25, -0.2) is 0 Å². The molecule has 0 bridgehead atoms. The highest BCUT2D eigenvalue weighted by atomic mass is 16.2. The van der Waals surface area contributed by atoms with Crippen molar-refractivity contribution in [2.75, 3.05) is 52.4 Å². The molecule has 1 aliphatic carbocycles. The summed E-state index contributed by atoms with van der Waals surface area (Å²) in [6.45, 7) is 8.06. The molecule has 0 unspecified atom stereocenters. The molecule has 3 aliphatic rings. The molecular weight excluding hydrogens is 330 g/mol. The zero-order valence-corrected chi connectivity index (χ0v) is 16.2. The summed E-state index contributed by atoms with van der Waals surface area (Å²) in [5.74, 6) is 0.658. The van der Waals surface area contributed by atoms with Crippen molar-refractivity contribution < 1.29 is 9.59 Å². The highest BCUT2D eigenvalue weighted by molar-refractivity contribution is 5.82. The molecule has 2 aliphatic heterocycles. The maximum absolute atomic E-state index is 12.9. The van der Waals surface area contributed by atoms with Crippen LogP contribution in [-0.2, 0) is 9.59 Å². The summed E-state index contributed by atoms with van der Waals surface area (Å²) in [6, 6.07) is -0.242. The number of carbonyl (C=O) groups is 2. The van der Waals surface area contributed by atoms with Crippen LogP contribution in [0, 0.1) is 5.92 Å². The summed E-state index contributed by atoms with van der Waals surface area (Å²) in [6.07, 6.45) is 5.83. The van der Waals surface area contributed by atoms with Crippen molar-refractivity contribution >= 4 is 11.8 Å². The fourth-order valence-electron chi connectivity index (χ4n) is 4.60. The van der Waals surface area contributed by atoms with Crippen molar-refractivity contribution in [3.05, 3.63) is 0 Å². The minimum Gasteiger partial charge on any atom is -0.339 e. The van der Waals surface area contributed by atoms with E-state index in [1.54, 1.807) is 0 Å². The number of carbonyl (C=O) groups excluding carboxylic acids is 2. The molecule has 26 heavy (non-hydrogen) atoms. The molecule has 148 valence electrons. The summed E-state index contributed by atoms with van der Waals surface area (Å²) < 4.78 is 0. The molecule has 2 saturated heterocycles. The summed E-state index contributed by atoms with van der Waals surface area (Å²) in [5, 5.41) is 3.27. The molecule has 3 rings (SSSR count). The number of rotatable bonds is 4. The van der Waals surface area contributed by atoms with Crippen LogP contribution in [0.3, 0.4) is 0 Å². The van der Waals surface area contributed by atoms with Gasteiger partial charge in [0.2, 0.25) is 11.8 Å². The van der Waals surface area contributed by atoms with Gasteiger partial charge in [-0.05, 0) is 25.7 Å². The molecule has 2 amide bonds. The lowest BCUT2D eigenvalue weighted by Crippen LogP contribution is -2.60. The fourth-order valence-corrected chi connectivity index (χ4v) is 4.60. The molecule has 0 aromatic carbocycles. The molecule has 2 heterocycles. The predicted octanol–water partition coefficient (Wildman–Crippen LogP) is -0.141. The van der Waals surface area contributed by atoms with Crippen molar-refractivity contribution in [2.24, 2.45) is 11.7 Å². The van der Waals surface area contributed by atoms with Crippen LogP contribution in [-0.4, -0.2) is 91.0 Å². The number of piperazine rings is 2. The van der Waals surface area contributed by atoms with E-state index in [2.05, 4.69) is 17.1 Å². The Bertz CT molecular complexity index is 488. The van der Waals surface area contributed by atoms with Crippen LogP contribution in [0.25, 0.3) is 0 Å². The van der Waals surface area contributed by atoms with Gasteiger partial charge in [0.25, 0.3) is 0 Å². The number of nitrogens with zero attached hydrogens (tertiary/aromatic N) is 3. The third-order valence-corrected chi connectivity index (χ3v) is 6.27. The van der Waals surface area contributed by atoms with Gasteiger partial charge in [0, 0.05) is 51.9 Å². The average molecular weight is 366 g/mol. The molecule has 2 atom stereocenters. The minimum absolute atomic E-state index is 0.109. The predicted molar refractivity (Wildman–Crippen MR) is 102 cm³/mol. The van der Waals surface area contributed by atoms with Gasteiger partial charge in [-0.3, -0.25) is 14.5 Å². The van der Waals surface area contributed by atoms with E-state index in [9.17, 15) is 9.59 Å². The van der Waals surface area contributed by atoms with Crippen LogP contribution in [0.2, 0.25) is 0 Å². The maximum atomic E-state index is 12.9. The number of amides is 2. The SMILES string of the molecule is C[C@H]1CN(CC(=O)N2CCNCC2)CCN1C(=O)[C@H](N)C1CCCCC1. The molecular formula is C19H35N5O2. The highest BCUT2D eigenvalue weighted by Gasteiger charge is 2.34. The Hall–Kier alpha value is -1.18. The summed E-state index contributed by atoms with van der Waals surface area (Å²) in [7, 11) is 0. The summed E-state index contributed by atoms with van der Waals surface area (Å²) >= 11 is 0. The highest BCUT2D eigenvalue weighted by Crippen LogP contribution is 2.27. The van der Waals surface area contributed by atoms with Crippen molar-refractivity contribution in [3.8, 4) is 0 Å². The van der Waals surface area contributed by atoms with Crippen LogP contribution in [0.1, 0.15) is 39.0 Å². The first-order valence-electron chi connectivity index (χ1n) is 10.3. The van der Waals surface area contributed by atoms with Gasteiger partial charge in [-0.1, -0.05) is 19.3 Å². The van der Waals surface area contributed by atoms with Gasteiger partial charge < -0.3 is 20.9 Å². The smallest absolute Gasteiger partial charge is 0.240 e. The van der Waals surface area contributed by atoms with Crippen molar-refractivity contribution in [3.63, 3.8) is 0 Å². The standard InChI is InChI=1S/C19H35N5O2/c1-15-13-22(14-17(25)23-9-7-21-8-10-23)11-12-24(15)19(26)18(20)16-5-3-2-4-6-16/h15-16,18,21H,2-14,20H2,1H3/t15-,18+/m0/s1. The monoisotopic (exact) mass is 365 g/mol. The Kier molecular flexibility index (Phi) is 6.89. The first-order chi connectivity index (χ1) is 12.6. The van der Waals surface area contributed by atoms with Gasteiger partial charge in [0.1, 0.15) is 0 Å². The number of nitrogens with two attached hydrogens (primary N) is 1. The number of hydrogen-bond acceptors (Lipinski definition) is 5. The topological polar surface area (TPSA) is 81.9 Å². The first-order valence-corrected chi connectivity index (χ1v) is 10.3.